The number of fused-ring (bicyclic) bond motifs is 5. The van der Waals surface area contributed by atoms with Crippen LogP contribution in [0.15, 0.2) is 54.0 Å². The molecule has 4 rings (SSSR count). The van der Waals surface area contributed by atoms with Gasteiger partial charge in [0.2, 0.25) is 0 Å². The van der Waals surface area contributed by atoms with Gasteiger partial charge in [0.25, 0.3) is 0 Å². The Morgan fingerprint density at radius 1 is 1.24 bits per heavy atom. The molecular weight excluding hydrogens is 326 g/mol. The van der Waals surface area contributed by atoms with E-state index in [1.807, 2.05) is 24.3 Å². The lowest BCUT2D eigenvalue weighted by Gasteiger charge is -2.37. The number of nitrogens with one attached hydrogen (secondary N) is 1. The number of allylic oxidation sites excluding steroid dienone is 1. The molecule has 1 atom stereocenters. The largest absolute Gasteiger partial charge is 0.485 e. The maximum Gasteiger partial charge on any atom is 0.129 e. The molecule has 2 nitrogen and oxygen atoms in total. The van der Waals surface area contributed by atoms with Crippen molar-refractivity contribution in [2.45, 2.75) is 43.7 Å². The number of anilines is 1. The quantitative estimate of drug-likeness (QED) is 0.493. The third-order valence-electron chi connectivity index (χ3n) is 4.92. The molecule has 2 aromatic rings. The average molecular weight is 349 g/mol. The molecule has 0 aliphatic carbocycles. The van der Waals surface area contributed by atoms with Gasteiger partial charge in [-0.25, -0.2) is 0 Å². The van der Waals surface area contributed by atoms with Crippen molar-refractivity contribution in [1.29, 1.82) is 0 Å². The molecule has 1 N–H and O–H groups in total. The van der Waals surface area contributed by atoms with E-state index in [0.717, 1.165) is 22.6 Å². The predicted molar refractivity (Wildman–Crippen MR) is 109 cm³/mol. The van der Waals surface area contributed by atoms with Gasteiger partial charge in [0.05, 0.1) is 5.54 Å². The highest BCUT2D eigenvalue weighted by atomic mass is 32.1. The van der Waals surface area contributed by atoms with Gasteiger partial charge in [0, 0.05) is 33.7 Å². The van der Waals surface area contributed by atoms with Crippen molar-refractivity contribution in [3.8, 4) is 16.9 Å². The van der Waals surface area contributed by atoms with Crippen molar-refractivity contribution in [3.05, 3.63) is 60.2 Å². The number of hydrogen-bond acceptors (Lipinski definition) is 3. The zero-order valence-corrected chi connectivity index (χ0v) is 15.8. The first-order valence-corrected chi connectivity index (χ1v) is 9.11. The number of ether oxygens (including phenoxy) is 1. The summed E-state index contributed by atoms with van der Waals surface area (Å²) in [6, 6.07) is 10.4. The van der Waals surface area contributed by atoms with Crippen LogP contribution >= 0.6 is 12.6 Å². The second-order valence-corrected chi connectivity index (χ2v) is 7.89. The van der Waals surface area contributed by atoms with E-state index in [1.165, 1.54) is 28.0 Å². The molecule has 0 spiro atoms. The molecule has 0 saturated heterocycles. The number of hydrogen-bond donors (Lipinski definition) is 2. The maximum absolute atomic E-state index is 6.37. The first-order valence-electron chi connectivity index (χ1n) is 8.66. The molecular formula is C22H23NOS. The van der Waals surface area contributed by atoms with Crippen molar-refractivity contribution in [3.63, 3.8) is 0 Å². The maximum atomic E-state index is 6.37. The molecule has 0 amide bonds. The summed E-state index contributed by atoms with van der Waals surface area (Å²) in [5.74, 6) is 0.900. The van der Waals surface area contributed by atoms with Crippen LogP contribution in [0.2, 0.25) is 0 Å². The van der Waals surface area contributed by atoms with Gasteiger partial charge < -0.3 is 10.1 Å². The zero-order chi connectivity index (χ0) is 17.8. The molecule has 3 heteroatoms. The Kier molecular flexibility index (Phi) is 3.73. The highest BCUT2D eigenvalue weighted by Gasteiger charge is 2.33. The molecule has 1 unspecified atom stereocenters. The highest BCUT2D eigenvalue weighted by molar-refractivity contribution is 7.80. The average Bonchev–Trinajstić information content (AvgIpc) is 2.53. The van der Waals surface area contributed by atoms with Crippen LogP contribution < -0.4 is 10.1 Å². The Balaban J connectivity index is 2.03. The Morgan fingerprint density at radius 2 is 2.04 bits per heavy atom. The predicted octanol–water partition coefficient (Wildman–Crippen LogP) is 6.26. The number of rotatable bonds is 2. The van der Waals surface area contributed by atoms with Crippen LogP contribution in [0.3, 0.4) is 0 Å². The minimum absolute atomic E-state index is 0.0311. The lowest BCUT2D eigenvalue weighted by molar-refractivity contribution is 0.205. The molecule has 0 bridgehead atoms. The first-order chi connectivity index (χ1) is 11.9. The smallest absolute Gasteiger partial charge is 0.129 e. The van der Waals surface area contributed by atoms with Gasteiger partial charge in [-0.2, -0.15) is 0 Å². The van der Waals surface area contributed by atoms with E-state index in [1.54, 1.807) is 0 Å². The van der Waals surface area contributed by atoms with Crippen LogP contribution in [-0.2, 0) is 0 Å². The number of thiol groups is 1. The molecule has 0 radical (unpaired) electrons. The van der Waals surface area contributed by atoms with Gasteiger partial charge in [0.15, 0.2) is 0 Å². The summed E-state index contributed by atoms with van der Waals surface area (Å²) >= 11 is 4.69. The zero-order valence-electron chi connectivity index (χ0n) is 14.9. The molecule has 2 heterocycles. The number of benzene rings is 2. The molecule has 128 valence electrons. The molecule has 0 saturated carbocycles. The van der Waals surface area contributed by atoms with Crippen molar-refractivity contribution in [2.24, 2.45) is 0 Å². The van der Waals surface area contributed by atoms with Gasteiger partial charge in [-0.3, -0.25) is 0 Å². The van der Waals surface area contributed by atoms with Crippen LogP contribution in [0.25, 0.3) is 16.7 Å². The summed E-state index contributed by atoms with van der Waals surface area (Å²) in [6.45, 7) is 10.5. The van der Waals surface area contributed by atoms with Crippen molar-refractivity contribution < 1.29 is 4.74 Å². The van der Waals surface area contributed by atoms with Crippen LogP contribution in [0.4, 0.5) is 5.69 Å². The Bertz CT molecular complexity index is 910. The third-order valence-corrected chi connectivity index (χ3v) is 5.29. The van der Waals surface area contributed by atoms with Gasteiger partial charge in [-0.05, 0) is 50.1 Å². The lowest BCUT2D eigenvalue weighted by Crippen LogP contribution is -2.32. The van der Waals surface area contributed by atoms with Gasteiger partial charge >= 0.3 is 0 Å². The van der Waals surface area contributed by atoms with Gasteiger partial charge in [-0.1, -0.05) is 24.3 Å². The van der Waals surface area contributed by atoms with Crippen LogP contribution in [0.1, 0.15) is 44.4 Å². The Morgan fingerprint density at radius 3 is 2.80 bits per heavy atom. The fourth-order valence-electron chi connectivity index (χ4n) is 4.12. The van der Waals surface area contributed by atoms with Crippen molar-refractivity contribution in [2.75, 3.05) is 5.32 Å². The molecule has 25 heavy (non-hydrogen) atoms. The lowest BCUT2D eigenvalue weighted by atomic mass is 9.81. The van der Waals surface area contributed by atoms with E-state index in [-0.39, 0.29) is 11.6 Å². The summed E-state index contributed by atoms with van der Waals surface area (Å²) in [6.07, 6.45) is 4.97. The fraction of sp³-hybridized carbons (Fsp3) is 0.273. The van der Waals surface area contributed by atoms with Gasteiger partial charge in [0.1, 0.15) is 11.9 Å². The van der Waals surface area contributed by atoms with Crippen LogP contribution in [0.5, 0.6) is 5.75 Å². The SMILES string of the molecule is C=CCC1Oc2cccc(S)c2-c2ccc3c(c21)C(C)=CC(C)(C)N3. The first kappa shape index (κ1) is 16.3. The summed E-state index contributed by atoms with van der Waals surface area (Å²) in [5.41, 5.74) is 7.19. The Labute approximate surface area is 155 Å². The van der Waals surface area contributed by atoms with Crippen LogP contribution in [0, 0.1) is 0 Å². The van der Waals surface area contributed by atoms with E-state index in [2.05, 4.69) is 63.5 Å². The van der Waals surface area contributed by atoms with E-state index in [4.69, 9.17) is 4.74 Å². The third kappa shape index (κ3) is 2.58. The molecule has 2 aliphatic rings. The molecule has 2 aliphatic heterocycles. The van der Waals surface area contributed by atoms with Gasteiger partial charge in [-0.15, -0.1) is 19.2 Å². The molecule has 2 aromatic carbocycles. The highest BCUT2D eigenvalue weighted by Crippen LogP contribution is 2.51. The van der Waals surface area contributed by atoms with E-state index in [0.29, 0.717) is 0 Å². The van der Waals surface area contributed by atoms with Crippen molar-refractivity contribution in [1.82, 2.24) is 0 Å². The molecule has 0 aromatic heterocycles. The van der Waals surface area contributed by atoms with Crippen molar-refractivity contribution >= 4 is 23.9 Å². The second-order valence-electron chi connectivity index (χ2n) is 7.40. The van der Waals surface area contributed by atoms with E-state index in [9.17, 15) is 0 Å². The summed E-state index contributed by atoms with van der Waals surface area (Å²) in [7, 11) is 0. The topological polar surface area (TPSA) is 21.3 Å². The monoisotopic (exact) mass is 349 g/mol. The standard InChI is InChI=1S/C22H23NOS/c1-5-7-16-21-14(20-17(24-16)8-6-9-18(20)25)10-11-15-19(21)13(2)12-22(3,4)23-15/h5-6,8-12,16,23,25H,1,7H2,2-4H3. The summed E-state index contributed by atoms with van der Waals surface area (Å²) in [5, 5.41) is 3.64. The van der Waals surface area contributed by atoms with Crippen LogP contribution in [-0.4, -0.2) is 5.54 Å². The summed E-state index contributed by atoms with van der Waals surface area (Å²) < 4.78 is 6.37. The van der Waals surface area contributed by atoms with E-state index >= 15 is 0 Å². The Hall–Kier alpha value is -2.13. The normalized spacial score (nSPS) is 19.5. The second kappa shape index (κ2) is 5.70. The minimum atomic E-state index is -0.0542. The molecule has 0 fully saturated rings. The minimum Gasteiger partial charge on any atom is -0.485 e. The summed E-state index contributed by atoms with van der Waals surface area (Å²) in [4.78, 5) is 0.946. The van der Waals surface area contributed by atoms with E-state index < -0.39 is 0 Å². The fourth-order valence-corrected chi connectivity index (χ4v) is 4.43.